The maximum Gasteiger partial charge on any atom is 0.0740 e. The van der Waals surface area contributed by atoms with Gasteiger partial charge in [0.05, 0.1) is 6.10 Å². The first-order valence-electron chi connectivity index (χ1n) is 7.14. The lowest BCUT2D eigenvalue weighted by Gasteiger charge is -2.34. The van der Waals surface area contributed by atoms with Crippen LogP contribution in [-0.4, -0.2) is 24.3 Å². The summed E-state index contributed by atoms with van der Waals surface area (Å²) in [7, 11) is 0. The zero-order valence-corrected chi connectivity index (χ0v) is 11.8. The lowest BCUT2D eigenvalue weighted by Crippen LogP contribution is -2.38. The van der Waals surface area contributed by atoms with Crippen LogP contribution in [0.25, 0.3) is 0 Å². The van der Waals surface area contributed by atoms with Crippen LogP contribution in [0.1, 0.15) is 37.8 Å². The molecule has 1 aromatic carbocycles. The van der Waals surface area contributed by atoms with Gasteiger partial charge in [-0.25, -0.2) is 0 Å². The molecule has 0 aliphatic carbocycles. The van der Waals surface area contributed by atoms with E-state index in [9.17, 15) is 5.11 Å². The first-order chi connectivity index (χ1) is 8.61. The van der Waals surface area contributed by atoms with E-state index in [4.69, 9.17) is 0 Å². The highest BCUT2D eigenvalue weighted by atomic mass is 16.3. The zero-order chi connectivity index (χ0) is 13.1. The lowest BCUT2D eigenvalue weighted by atomic mass is 9.97. The molecule has 1 N–H and O–H groups in total. The molecule has 0 spiro atoms. The van der Waals surface area contributed by atoms with Gasteiger partial charge in [0.1, 0.15) is 0 Å². The number of rotatable bonds is 4. The van der Waals surface area contributed by atoms with Crippen molar-refractivity contribution in [3.8, 4) is 0 Å². The molecule has 100 valence electrons. The van der Waals surface area contributed by atoms with Crippen LogP contribution in [0, 0.1) is 12.8 Å². The second-order valence-electron chi connectivity index (χ2n) is 5.63. The molecule has 1 heterocycles. The minimum absolute atomic E-state index is 0.220. The van der Waals surface area contributed by atoms with E-state index in [1.807, 2.05) is 0 Å². The molecule has 1 aliphatic rings. The third-order valence-electron chi connectivity index (χ3n) is 4.16. The van der Waals surface area contributed by atoms with Crippen molar-refractivity contribution >= 4 is 5.69 Å². The van der Waals surface area contributed by atoms with Crippen LogP contribution in [-0.2, 0) is 6.42 Å². The van der Waals surface area contributed by atoms with Crippen molar-refractivity contribution in [3.05, 3.63) is 29.3 Å². The fourth-order valence-electron chi connectivity index (χ4n) is 2.67. The van der Waals surface area contributed by atoms with Crippen molar-refractivity contribution in [2.75, 3.05) is 18.0 Å². The minimum atomic E-state index is -0.220. The number of anilines is 1. The molecule has 2 atom stereocenters. The van der Waals surface area contributed by atoms with Gasteiger partial charge in [0.25, 0.3) is 0 Å². The summed E-state index contributed by atoms with van der Waals surface area (Å²) in [4.78, 5) is 2.36. The Morgan fingerprint density at radius 1 is 1.39 bits per heavy atom. The van der Waals surface area contributed by atoms with Crippen LogP contribution in [0.5, 0.6) is 0 Å². The Bertz CT molecular complexity index is 402. The van der Waals surface area contributed by atoms with Gasteiger partial charge in [0.2, 0.25) is 0 Å². The van der Waals surface area contributed by atoms with Gasteiger partial charge in [-0.05, 0) is 37.3 Å². The molecule has 0 aromatic heterocycles. The highest BCUT2D eigenvalue weighted by molar-refractivity contribution is 5.56. The van der Waals surface area contributed by atoms with Gasteiger partial charge in [-0.3, -0.25) is 0 Å². The smallest absolute Gasteiger partial charge is 0.0740 e. The highest BCUT2D eigenvalue weighted by Crippen LogP contribution is 2.28. The first-order valence-corrected chi connectivity index (χ1v) is 7.14. The number of benzene rings is 1. The number of aliphatic hydroxyl groups is 1. The second kappa shape index (κ2) is 5.75. The molecule has 18 heavy (non-hydrogen) atoms. The molecule has 1 aliphatic heterocycles. The topological polar surface area (TPSA) is 23.5 Å². The van der Waals surface area contributed by atoms with Crippen LogP contribution < -0.4 is 4.90 Å². The number of β-amino-alcohol motifs (C(OH)–C–C–N with tert-alkyl or cyclic N) is 1. The van der Waals surface area contributed by atoms with Crippen molar-refractivity contribution in [1.82, 2.24) is 0 Å². The van der Waals surface area contributed by atoms with E-state index >= 15 is 0 Å². The van der Waals surface area contributed by atoms with Crippen molar-refractivity contribution in [3.63, 3.8) is 0 Å². The molecular formula is C16H25NO. The molecule has 2 heteroatoms. The predicted molar refractivity (Wildman–Crippen MR) is 77.2 cm³/mol. The van der Waals surface area contributed by atoms with E-state index in [1.54, 1.807) is 0 Å². The number of fused-ring (bicyclic) bond motifs is 1. The van der Waals surface area contributed by atoms with Crippen LogP contribution in [0.4, 0.5) is 5.69 Å². The quantitative estimate of drug-likeness (QED) is 0.883. The average Bonchev–Trinajstić information content (AvgIpc) is 2.37. The molecule has 0 radical (unpaired) electrons. The fourth-order valence-corrected chi connectivity index (χ4v) is 2.67. The standard InChI is InChI=1S/C16H25NO/c1-4-13(3)16(18)11-17-9-5-6-14-10-12(2)7-8-15(14)17/h7-8,10,13,16,18H,4-6,9,11H2,1-3H3. The first kappa shape index (κ1) is 13.4. The third kappa shape index (κ3) is 2.86. The Morgan fingerprint density at radius 3 is 2.89 bits per heavy atom. The van der Waals surface area contributed by atoms with Crippen molar-refractivity contribution in [1.29, 1.82) is 0 Å². The summed E-state index contributed by atoms with van der Waals surface area (Å²) in [6.45, 7) is 8.26. The summed E-state index contributed by atoms with van der Waals surface area (Å²) >= 11 is 0. The lowest BCUT2D eigenvalue weighted by molar-refractivity contribution is 0.119. The Labute approximate surface area is 111 Å². The number of nitrogens with zero attached hydrogens (tertiary/aromatic N) is 1. The van der Waals surface area contributed by atoms with Crippen molar-refractivity contribution in [2.24, 2.45) is 5.92 Å². The van der Waals surface area contributed by atoms with Crippen LogP contribution in [0.3, 0.4) is 0 Å². The third-order valence-corrected chi connectivity index (χ3v) is 4.16. The van der Waals surface area contributed by atoms with Crippen molar-refractivity contribution < 1.29 is 5.11 Å². The summed E-state index contributed by atoms with van der Waals surface area (Å²) in [5.74, 6) is 0.376. The Morgan fingerprint density at radius 2 is 2.17 bits per heavy atom. The maximum absolute atomic E-state index is 10.2. The second-order valence-corrected chi connectivity index (χ2v) is 5.63. The summed E-state index contributed by atoms with van der Waals surface area (Å²) in [5, 5.41) is 10.2. The van der Waals surface area contributed by atoms with E-state index < -0.39 is 0 Å². The molecule has 2 unspecified atom stereocenters. The number of hydrogen-bond donors (Lipinski definition) is 1. The van der Waals surface area contributed by atoms with Gasteiger partial charge in [-0.1, -0.05) is 38.0 Å². The SMILES string of the molecule is CCC(C)C(O)CN1CCCc2cc(C)ccc21. The van der Waals surface area contributed by atoms with E-state index in [0.717, 1.165) is 19.5 Å². The van der Waals surface area contributed by atoms with Crippen LogP contribution in [0.2, 0.25) is 0 Å². The molecule has 0 bridgehead atoms. The number of aryl methyl sites for hydroxylation is 2. The normalized spacial score (nSPS) is 18.3. The van der Waals surface area contributed by atoms with Crippen molar-refractivity contribution in [2.45, 2.75) is 46.1 Å². The van der Waals surface area contributed by atoms with Gasteiger partial charge >= 0.3 is 0 Å². The zero-order valence-electron chi connectivity index (χ0n) is 11.8. The van der Waals surface area contributed by atoms with Gasteiger partial charge in [-0.2, -0.15) is 0 Å². The van der Waals surface area contributed by atoms with Gasteiger partial charge in [0.15, 0.2) is 0 Å². The van der Waals surface area contributed by atoms with E-state index in [0.29, 0.717) is 5.92 Å². The molecule has 2 nitrogen and oxygen atoms in total. The Hall–Kier alpha value is -1.02. The highest BCUT2D eigenvalue weighted by Gasteiger charge is 2.21. The summed E-state index contributed by atoms with van der Waals surface area (Å²) in [6, 6.07) is 6.68. The van der Waals surface area contributed by atoms with Gasteiger partial charge in [-0.15, -0.1) is 0 Å². The van der Waals surface area contributed by atoms with Gasteiger partial charge in [0, 0.05) is 18.8 Å². The molecular weight excluding hydrogens is 222 g/mol. The average molecular weight is 247 g/mol. The summed E-state index contributed by atoms with van der Waals surface area (Å²) in [5.41, 5.74) is 4.10. The molecule has 0 fully saturated rings. The maximum atomic E-state index is 10.2. The Balaban J connectivity index is 2.12. The predicted octanol–water partition coefficient (Wildman–Crippen LogP) is 3.15. The summed E-state index contributed by atoms with van der Waals surface area (Å²) < 4.78 is 0. The van der Waals surface area contributed by atoms with E-state index in [1.165, 1.54) is 29.7 Å². The largest absolute Gasteiger partial charge is 0.391 e. The van der Waals surface area contributed by atoms with Crippen LogP contribution in [0.15, 0.2) is 18.2 Å². The fraction of sp³-hybridized carbons (Fsp3) is 0.625. The molecule has 0 saturated heterocycles. The van der Waals surface area contributed by atoms with Crippen LogP contribution >= 0.6 is 0 Å². The van der Waals surface area contributed by atoms with Gasteiger partial charge < -0.3 is 10.0 Å². The number of aliphatic hydroxyl groups excluding tert-OH is 1. The molecule has 2 rings (SSSR count). The molecule has 1 aromatic rings. The molecule has 0 saturated carbocycles. The Kier molecular flexibility index (Phi) is 4.28. The summed E-state index contributed by atoms with van der Waals surface area (Å²) in [6.07, 6.45) is 3.19. The minimum Gasteiger partial charge on any atom is -0.391 e. The number of hydrogen-bond acceptors (Lipinski definition) is 2. The van der Waals surface area contributed by atoms with E-state index in [-0.39, 0.29) is 6.10 Å². The monoisotopic (exact) mass is 247 g/mol. The van der Waals surface area contributed by atoms with E-state index in [2.05, 4.69) is 43.9 Å². The molecule has 0 amide bonds.